The molecule has 0 aliphatic rings. The van der Waals surface area contributed by atoms with Crippen LogP contribution in [0, 0.1) is 0 Å². The first kappa shape index (κ1) is 22.0. The van der Waals surface area contributed by atoms with E-state index < -0.39 is 6.16 Å². The summed E-state index contributed by atoms with van der Waals surface area (Å²) in [7, 11) is 0. The molecule has 3 nitrogen and oxygen atoms in total. The van der Waals surface area contributed by atoms with E-state index in [1.807, 2.05) is 6.07 Å². The molecule has 0 unspecified atom stereocenters. The largest absolute Gasteiger partial charge is 0.511 e. The smallest absolute Gasteiger partial charge is 0.449 e. The second-order valence-corrected chi connectivity index (χ2v) is 7.43. The third kappa shape index (κ3) is 6.70. The van der Waals surface area contributed by atoms with Crippen molar-refractivity contribution in [2.24, 2.45) is 0 Å². The Morgan fingerprint density at radius 2 is 1.43 bits per heavy atom. The number of ether oxygens (including phenoxy) is 1. The lowest BCUT2D eigenvalue weighted by molar-refractivity contribution is 0.144. The van der Waals surface area contributed by atoms with E-state index in [1.54, 1.807) is 6.07 Å². The van der Waals surface area contributed by atoms with E-state index in [-0.39, 0.29) is 0 Å². The first-order chi connectivity index (χ1) is 13.7. The van der Waals surface area contributed by atoms with E-state index in [9.17, 15) is 9.90 Å². The van der Waals surface area contributed by atoms with Gasteiger partial charge in [-0.1, -0.05) is 88.8 Å². The maximum atomic E-state index is 11.2. The van der Waals surface area contributed by atoms with Crippen LogP contribution in [0.15, 0.2) is 42.5 Å². The van der Waals surface area contributed by atoms with Crippen LogP contribution in [0.5, 0.6) is 5.75 Å². The van der Waals surface area contributed by atoms with Gasteiger partial charge in [-0.2, -0.15) is 0 Å². The van der Waals surface area contributed by atoms with Gasteiger partial charge in [0.25, 0.3) is 0 Å². The van der Waals surface area contributed by atoms with Gasteiger partial charge in [0.15, 0.2) is 0 Å². The summed E-state index contributed by atoms with van der Waals surface area (Å²) in [5.41, 5.74) is 4.67. The normalized spacial score (nSPS) is 10.8. The Kier molecular flexibility index (Phi) is 9.61. The van der Waals surface area contributed by atoms with Crippen LogP contribution >= 0.6 is 0 Å². The highest BCUT2D eigenvalue weighted by Crippen LogP contribution is 2.35. The average molecular weight is 383 g/mol. The Morgan fingerprint density at radius 3 is 2.18 bits per heavy atom. The molecule has 0 radical (unpaired) electrons. The molecule has 2 aromatic rings. The standard InChI is InChI=1S/C25H34O3/c1-3-5-7-8-10-17-23-22(18-13-19-24(23)28-25(26)27)21-16-12-11-15-20(21)14-9-6-4-2/h11-13,15-16,18-19H,3-10,14,17H2,1-2H3,(H,26,27). The molecule has 0 aliphatic heterocycles. The van der Waals surface area contributed by atoms with Crippen molar-refractivity contribution in [1.82, 2.24) is 0 Å². The zero-order valence-corrected chi connectivity index (χ0v) is 17.4. The van der Waals surface area contributed by atoms with Gasteiger partial charge in [0.1, 0.15) is 5.75 Å². The van der Waals surface area contributed by atoms with Crippen molar-refractivity contribution in [3.05, 3.63) is 53.6 Å². The summed E-state index contributed by atoms with van der Waals surface area (Å²) >= 11 is 0. The fourth-order valence-corrected chi connectivity index (χ4v) is 3.74. The van der Waals surface area contributed by atoms with Crippen molar-refractivity contribution in [3.63, 3.8) is 0 Å². The van der Waals surface area contributed by atoms with Crippen LogP contribution in [0.2, 0.25) is 0 Å². The minimum Gasteiger partial charge on any atom is -0.449 e. The van der Waals surface area contributed by atoms with Crippen molar-refractivity contribution >= 4 is 6.16 Å². The molecule has 0 aliphatic carbocycles. The molecule has 0 saturated heterocycles. The Labute approximate surface area is 169 Å². The van der Waals surface area contributed by atoms with Crippen molar-refractivity contribution in [2.45, 2.75) is 78.1 Å². The van der Waals surface area contributed by atoms with Crippen molar-refractivity contribution in [2.75, 3.05) is 0 Å². The summed E-state index contributed by atoms with van der Waals surface area (Å²) in [4.78, 5) is 11.2. The molecule has 1 N–H and O–H groups in total. The lowest BCUT2D eigenvalue weighted by atomic mass is 9.90. The van der Waals surface area contributed by atoms with Gasteiger partial charge in [-0.3, -0.25) is 0 Å². The van der Waals surface area contributed by atoms with Crippen molar-refractivity contribution in [3.8, 4) is 16.9 Å². The predicted octanol–water partition coefficient (Wildman–Crippen LogP) is 7.66. The summed E-state index contributed by atoms with van der Waals surface area (Å²) < 4.78 is 5.14. The molecule has 0 bridgehead atoms. The molecule has 0 aromatic heterocycles. The molecule has 3 heteroatoms. The molecule has 0 saturated carbocycles. The average Bonchev–Trinajstić information content (AvgIpc) is 2.69. The second-order valence-electron chi connectivity index (χ2n) is 7.43. The topological polar surface area (TPSA) is 46.5 Å². The second kappa shape index (κ2) is 12.2. The Bertz CT molecular complexity index is 736. The lowest BCUT2D eigenvalue weighted by Gasteiger charge is -2.17. The SMILES string of the molecule is CCCCCCCc1c(OC(=O)O)cccc1-c1ccccc1CCCCC. The van der Waals surface area contributed by atoms with Gasteiger partial charge in [0.05, 0.1) is 0 Å². The number of carboxylic acid groups (broad SMARTS) is 1. The third-order valence-electron chi connectivity index (χ3n) is 5.22. The molecule has 2 rings (SSSR count). The van der Waals surface area contributed by atoms with Crippen LogP contribution in [0.25, 0.3) is 11.1 Å². The molecule has 0 atom stereocenters. The van der Waals surface area contributed by atoms with Crippen LogP contribution in [-0.2, 0) is 12.8 Å². The summed E-state index contributed by atoms with van der Waals surface area (Å²) in [5, 5.41) is 9.17. The van der Waals surface area contributed by atoms with E-state index >= 15 is 0 Å². The number of benzene rings is 2. The first-order valence-electron chi connectivity index (χ1n) is 10.8. The molecular weight excluding hydrogens is 348 g/mol. The highest BCUT2D eigenvalue weighted by Gasteiger charge is 2.15. The number of hydrogen-bond acceptors (Lipinski definition) is 2. The minimum absolute atomic E-state index is 0.476. The molecular formula is C25H34O3. The highest BCUT2D eigenvalue weighted by atomic mass is 16.7. The zero-order valence-electron chi connectivity index (χ0n) is 17.4. The van der Waals surface area contributed by atoms with Gasteiger partial charge < -0.3 is 9.84 Å². The first-order valence-corrected chi connectivity index (χ1v) is 10.8. The van der Waals surface area contributed by atoms with Crippen molar-refractivity contribution < 1.29 is 14.6 Å². The third-order valence-corrected chi connectivity index (χ3v) is 5.22. The van der Waals surface area contributed by atoms with Gasteiger partial charge in [0, 0.05) is 5.56 Å². The minimum atomic E-state index is -1.25. The Hall–Kier alpha value is -2.29. The summed E-state index contributed by atoms with van der Waals surface area (Å²) in [6.45, 7) is 4.43. The summed E-state index contributed by atoms with van der Waals surface area (Å²) in [6, 6.07) is 14.3. The molecule has 28 heavy (non-hydrogen) atoms. The zero-order chi connectivity index (χ0) is 20.2. The summed E-state index contributed by atoms with van der Waals surface area (Å²) in [6.07, 6.45) is 10.1. The maximum absolute atomic E-state index is 11.2. The number of rotatable bonds is 12. The molecule has 0 spiro atoms. The highest BCUT2D eigenvalue weighted by molar-refractivity contribution is 5.74. The van der Waals surface area contributed by atoms with Crippen molar-refractivity contribution in [1.29, 1.82) is 0 Å². The molecule has 2 aromatic carbocycles. The van der Waals surface area contributed by atoms with Gasteiger partial charge in [0.2, 0.25) is 0 Å². The van der Waals surface area contributed by atoms with E-state index in [2.05, 4.69) is 44.2 Å². The van der Waals surface area contributed by atoms with Gasteiger partial charge in [-0.05, 0) is 48.4 Å². The summed E-state index contributed by atoms with van der Waals surface area (Å²) in [5.74, 6) is 0.476. The van der Waals surface area contributed by atoms with Crippen LogP contribution in [0.3, 0.4) is 0 Å². The van der Waals surface area contributed by atoms with Gasteiger partial charge in [-0.15, -0.1) is 0 Å². The molecule has 0 heterocycles. The van der Waals surface area contributed by atoms with Crippen LogP contribution in [0.1, 0.15) is 76.3 Å². The quantitative estimate of drug-likeness (QED) is 0.233. The van der Waals surface area contributed by atoms with E-state index in [1.165, 1.54) is 49.7 Å². The monoisotopic (exact) mass is 382 g/mol. The fourth-order valence-electron chi connectivity index (χ4n) is 3.74. The van der Waals surface area contributed by atoms with Crippen LogP contribution in [0.4, 0.5) is 4.79 Å². The molecule has 152 valence electrons. The number of aryl methyl sites for hydroxylation is 1. The van der Waals surface area contributed by atoms with E-state index in [0.29, 0.717) is 5.75 Å². The number of hydrogen-bond donors (Lipinski definition) is 1. The van der Waals surface area contributed by atoms with Crippen LogP contribution < -0.4 is 4.74 Å². The fraction of sp³-hybridized carbons (Fsp3) is 0.480. The maximum Gasteiger partial charge on any atom is 0.511 e. The van der Waals surface area contributed by atoms with E-state index in [4.69, 9.17) is 4.74 Å². The van der Waals surface area contributed by atoms with Gasteiger partial charge >= 0.3 is 6.16 Å². The van der Waals surface area contributed by atoms with Gasteiger partial charge in [-0.25, -0.2) is 4.79 Å². The molecule has 0 amide bonds. The Morgan fingerprint density at radius 1 is 0.786 bits per heavy atom. The Balaban J connectivity index is 2.33. The predicted molar refractivity (Wildman–Crippen MR) is 116 cm³/mol. The van der Waals surface area contributed by atoms with E-state index in [0.717, 1.165) is 36.8 Å². The molecule has 0 fully saturated rings. The number of carbonyl (C=O) groups is 1. The number of unbranched alkanes of at least 4 members (excludes halogenated alkanes) is 6. The lowest BCUT2D eigenvalue weighted by Crippen LogP contribution is -2.07. The van der Waals surface area contributed by atoms with Crippen LogP contribution in [-0.4, -0.2) is 11.3 Å².